The standard InChI is InChI=1S/C17H10ClF5N2/c1-9-4-16(10-5-11(17(21,22)23)7-12(19)6-10)25(24-9)13-2-3-15(20)14(18)8-13/h2-8H,1H3. The zero-order chi connectivity index (χ0) is 18.4. The first-order valence-electron chi connectivity index (χ1n) is 7.05. The van der Waals surface area contributed by atoms with Gasteiger partial charge in [-0.05, 0) is 49.4 Å². The molecule has 0 saturated heterocycles. The molecule has 3 rings (SSSR count). The third-order valence-electron chi connectivity index (χ3n) is 3.50. The number of halogens is 6. The average Bonchev–Trinajstić information content (AvgIpc) is 2.90. The highest BCUT2D eigenvalue weighted by atomic mass is 35.5. The summed E-state index contributed by atoms with van der Waals surface area (Å²) in [5.41, 5.74) is -0.0517. The van der Waals surface area contributed by atoms with Crippen LogP contribution in [-0.4, -0.2) is 9.78 Å². The number of hydrogen-bond donors (Lipinski definition) is 0. The van der Waals surface area contributed by atoms with Crippen LogP contribution in [0.1, 0.15) is 11.3 Å². The molecule has 0 aliphatic rings. The minimum absolute atomic E-state index is 0.00614. The van der Waals surface area contributed by atoms with Crippen molar-refractivity contribution in [2.45, 2.75) is 13.1 Å². The first-order chi connectivity index (χ1) is 11.6. The molecule has 0 N–H and O–H groups in total. The molecule has 2 nitrogen and oxygen atoms in total. The summed E-state index contributed by atoms with van der Waals surface area (Å²) in [6.45, 7) is 1.63. The first kappa shape index (κ1) is 17.4. The molecule has 0 bridgehead atoms. The highest BCUT2D eigenvalue weighted by Crippen LogP contribution is 2.34. The second-order valence-corrected chi connectivity index (χ2v) is 5.81. The van der Waals surface area contributed by atoms with E-state index in [1.165, 1.54) is 22.9 Å². The van der Waals surface area contributed by atoms with Crippen molar-refractivity contribution in [3.63, 3.8) is 0 Å². The second-order valence-electron chi connectivity index (χ2n) is 5.41. The molecule has 0 radical (unpaired) electrons. The zero-order valence-electron chi connectivity index (χ0n) is 12.7. The SMILES string of the molecule is Cc1cc(-c2cc(F)cc(C(F)(F)F)c2)n(-c2ccc(F)c(Cl)c2)n1. The average molecular weight is 373 g/mol. The monoisotopic (exact) mass is 372 g/mol. The molecule has 2 aromatic carbocycles. The minimum atomic E-state index is -4.68. The molecule has 0 unspecified atom stereocenters. The summed E-state index contributed by atoms with van der Waals surface area (Å²) in [5, 5.41) is 4.02. The maximum atomic E-state index is 13.7. The van der Waals surface area contributed by atoms with Crippen LogP contribution in [-0.2, 0) is 6.18 Å². The van der Waals surface area contributed by atoms with Crippen LogP contribution in [0.2, 0.25) is 5.02 Å². The Labute approximate surface area is 144 Å². The van der Waals surface area contributed by atoms with Crippen LogP contribution in [0.4, 0.5) is 22.0 Å². The number of benzene rings is 2. The molecule has 0 fully saturated rings. The van der Waals surface area contributed by atoms with Crippen LogP contribution in [0.15, 0.2) is 42.5 Å². The lowest BCUT2D eigenvalue weighted by Gasteiger charge is -2.12. The maximum Gasteiger partial charge on any atom is 0.416 e. The van der Waals surface area contributed by atoms with Gasteiger partial charge in [0.25, 0.3) is 0 Å². The van der Waals surface area contributed by atoms with E-state index in [0.717, 1.165) is 18.2 Å². The van der Waals surface area contributed by atoms with E-state index in [2.05, 4.69) is 5.10 Å². The number of alkyl halides is 3. The first-order valence-corrected chi connectivity index (χ1v) is 7.43. The fourth-order valence-electron chi connectivity index (χ4n) is 2.42. The van der Waals surface area contributed by atoms with E-state index < -0.39 is 23.4 Å². The summed E-state index contributed by atoms with van der Waals surface area (Å²) in [7, 11) is 0. The van der Waals surface area contributed by atoms with Gasteiger partial charge in [0, 0.05) is 5.56 Å². The van der Waals surface area contributed by atoms with E-state index >= 15 is 0 Å². The van der Waals surface area contributed by atoms with Gasteiger partial charge < -0.3 is 0 Å². The minimum Gasteiger partial charge on any atom is -0.233 e. The van der Waals surface area contributed by atoms with Gasteiger partial charge in [0.1, 0.15) is 11.6 Å². The summed E-state index contributed by atoms with van der Waals surface area (Å²) < 4.78 is 67.2. The van der Waals surface area contributed by atoms with Crippen LogP contribution in [0.5, 0.6) is 0 Å². The molecule has 3 aromatic rings. The van der Waals surface area contributed by atoms with Gasteiger partial charge in [0.15, 0.2) is 0 Å². The Hall–Kier alpha value is -2.41. The molecule has 1 heterocycles. The predicted molar refractivity (Wildman–Crippen MR) is 83.7 cm³/mol. The van der Waals surface area contributed by atoms with Crippen LogP contribution in [0, 0.1) is 18.6 Å². The number of rotatable bonds is 2. The van der Waals surface area contributed by atoms with E-state index in [1.807, 2.05) is 0 Å². The quantitative estimate of drug-likeness (QED) is 0.520. The Morgan fingerprint density at radius 3 is 2.36 bits per heavy atom. The summed E-state index contributed by atoms with van der Waals surface area (Å²) in [6.07, 6.45) is -4.68. The summed E-state index contributed by atoms with van der Waals surface area (Å²) in [4.78, 5) is 0. The lowest BCUT2D eigenvalue weighted by atomic mass is 10.1. The number of hydrogen-bond acceptors (Lipinski definition) is 1. The lowest BCUT2D eigenvalue weighted by Crippen LogP contribution is -2.06. The van der Waals surface area contributed by atoms with Gasteiger partial charge >= 0.3 is 6.18 Å². The predicted octanol–water partition coefficient (Wildman–Crippen LogP) is 5.80. The van der Waals surface area contributed by atoms with Crippen molar-refractivity contribution in [1.82, 2.24) is 9.78 Å². The molecule has 1 aromatic heterocycles. The number of aromatic nitrogens is 2. The van der Waals surface area contributed by atoms with Crippen molar-refractivity contribution in [2.24, 2.45) is 0 Å². The van der Waals surface area contributed by atoms with Crippen molar-refractivity contribution in [3.05, 3.63) is 70.4 Å². The molecule has 0 atom stereocenters. The van der Waals surface area contributed by atoms with Crippen molar-refractivity contribution in [2.75, 3.05) is 0 Å². The third-order valence-corrected chi connectivity index (χ3v) is 3.79. The lowest BCUT2D eigenvalue weighted by molar-refractivity contribution is -0.137. The largest absolute Gasteiger partial charge is 0.416 e. The van der Waals surface area contributed by atoms with Gasteiger partial charge in [-0.15, -0.1) is 0 Å². The van der Waals surface area contributed by atoms with E-state index in [-0.39, 0.29) is 16.3 Å². The topological polar surface area (TPSA) is 17.8 Å². The molecule has 0 amide bonds. The molecule has 130 valence electrons. The van der Waals surface area contributed by atoms with Crippen molar-refractivity contribution < 1.29 is 22.0 Å². The van der Waals surface area contributed by atoms with E-state index in [9.17, 15) is 22.0 Å². The Kier molecular flexibility index (Phi) is 4.28. The summed E-state index contributed by atoms with van der Waals surface area (Å²) in [6, 6.07) is 7.52. The van der Waals surface area contributed by atoms with Crippen molar-refractivity contribution in [3.8, 4) is 16.9 Å². The van der Waals surface area contributed by atoms with Gasteiger partial charge in [0.2, 0.25) is 0 Å². The summed E-state index contributed by atoms with van der Waals surface area (Å²) >= 11 is 5.75. The Balaban J connectivity index is 2.19. The van der Waals surface area contributed by atoms with Gasteiger partial charge in [-0.1, -0.05) is 11.6 Å². The zero-order valence-corrected chi connectivity index (χ0v) is 13.5. The van der Waals surface area contributed by atoms with Crippen molar-refractivity contribution in [1.29, 1.82) is 0 Å². The number of nitrogens with zero attached hydrogens (tertiary/aromatic N) is 2. The fourth-order valence-corrected chi connectivity index (χ4v) is 2.59. The molecule has 0 spiro atoms. The van der Waals surface area contributed by atoms with Gasteiger partial charge in [-0.2, -0.15) is 18.3 Å². The smallest absolute Gasteiger partial charge is 0.233 e. The molecular weight excluding hydrogens is 363 g/mol. The Morgan fingerprint density at radius 2 is 1.72 bits per heavy atom. The Bertz CT molecular complexity index is 947. The van der Waals surface area contributed by atoms with Gasteiger partial charge in [0.05, 0.1) is 27.7 Å². The fraction of sp³-hybridized carbons (Fsp3) is 0.118. The van der Waals surface area contributed by atoms with Crippen molar-refractivity contribution >= 4 is 11.6 Å². The molecular formula is C17H10ClF5N2. The van der Waals surface area contributed by atoms with E-state index in [0.29, 0.717) is 17.4 Å². The normalized spacial score (nSPS) is 11.8. The van der Waals surface area contributed by atoms with E-state index in [4.69, 9.17) is 11.6 Å². The van der Waals surface area contributed by atoms with Crippen LogP contribution < -0.4 is 0 Å². The second kappa shape index (κ2) is 6.15. The number of aryl methyl sites for hydroxylation is 1. The highest BCUT2D eigenvalue weighted by Gasteiger charge is 2.31. The third kappa shape index (κ3) is 3.51. The summed E-state index contributed by atoms with van der Waals surface area (Å²) in [5.74, 6) is -1.66. The van der Waals surface area contributed by atoms with Gasteiger partial charge in [-0.25, -0.2) is 13.5 Å². The van der Waals surface area contributed by atoms with Crippen LogP contribution >= 0.6 is 11.6 Å². The van der Waals surface area contributed by atoms with E-state index in [1.54, 1.807) is 6.92 Å². The van der Waals surface area contributed by atoms with Crippen LogP contribution in [0.3, 0.4) is 0 Å². The molecule has 0 aliphatic heterocycles. The van der Waals surface area contributed by atoms with Gasteiger partial charge in [-0.3, -0.25) is 0 Å². The maximum absolute atomic E-state index is 13.7. The highest BCUT2D eigenvalue weighted by molar-refractivity contribution is 6.30. The molecule has 25 heavy (non-hydrogen) atoms. The molecule has 0 saturated carbocycles. The molecule has 8 heteroatoms. The molecule has 0 aliphatic carbocycles. The van der Waals surface area contributed by atoms with Crippen LogP contribution in [0.25, 0.3) is 16.9 Å². The Morgan fingerprint density at radius 1 is 1.00 bits per heavy atom.